The molecular weight excluding hydrogens is 206 g/mol. The first-order valence-corrected chi connectivity index (χ1v) is 5.60. The minimum absolute atomic E-state index is 0.0320. The fourth-order valence-corrected chi connectivity index (χ4v) is 1.24. The molecule has 0 unspecified atom stereocenters. The minimum Gasteiger partial charge on any atom is -0.465 e. The van der Waals surface area contributed by atoms with Crippen molar-refractivity contribution in [2.24, 2.45) is 0 Å². The van der Waals surface area contributed by atoms with Crippen molar-refractivity contribution >= 4 is 11.9 Å². The van der Waals surface area contributed by atoms with Crippen LogP contribution in [0.3, 0.4) is 0 Å². The van der Waals surface area contributed by atoms with Crippen LogP contribution in [-0.2, 0) is 14.3 Å². The zero-order valence-corrected chi connectivity index (χ0v) is 10.6. The van der Waals surface area contributed by atoms with Crippen LogP contribution in [0.25, 0.3) is 0 Å². The number of esters is 1. The summed E-state index contributed by atoms with van der Waals surface area (Å²) in [6, 6.07) is 0. The molecule has 0 aliphatic rings. The van der Waals surface area contributed by atoms with Crippen molar-refractivity contribution in [2.45, 2.75) is 34.1 Å². The Kier molecular flexibility index (Phi) is 7.25. The van der Waals surface area contributed by atoms with Gasteiger partial charge in [0.05, 0.1) is 6.61 Å². The zero-order valence-electron chi connectivity index (χ0n) is 10.6. The highest BCUT2D eigenvalue weighted by atomic mass is 16.5. The molecule has 0 spiro atoms. The molecule has 0 aromatic carbocycles. The zero-order chi connectivity index (χ0) is 12.6. The van der Waals surface area contributed by atoms with Gasteiger partial charge in [-0.1, -0.05) is 12.5 Å². The molecule has 92 valence electrons. The first-order valence-electron chi connectivity index (χ1n) is 5.60. The molecule has 0 atom stereocenters. The van der Waals surface area contributed by atoms with E-state index in [0.717, 1.165) is 12.0 Å². The molecule has 0 aromatic rings. The molecule has 16 heavy (non-hydrogen) atoms. The van der Waals surface area contributed by atoms with Gasteiger partial charge in [0.15, 0.2) is 0 Å². The van der Waals surface area contributed by atoms with Gasteiger partial charge in [0, 0.05) is 12.6 Å². The van der Waals surface area contributed by atoms with Gasteiger partial charge in [-0.2, -0.15) is 0 Å². The van der Waals surface area contributed by atoms with E-state index in [9.17, 15) is 9.59 Å². The van der Waals surface area contributed by atoms with Gasteiger partial charge >= 0.3 is 5.97 Å². The van der Waals surface area contributed by atoms with Crippen LogP contribution in [0.2, 0.25) is 0 Å². The molecule has 1 amide bonds. The number of ether oxygens (including phenoxy) is 1. The number of nitrogens with zero attached hydrogens (tertiary/aromatic N) is 1. The summed E-state index contributed by atoms with van der Waals surface area (Å²) in [6.45, 7) is 8.37. The maximum atomic E-state index is 11.7. The highest BCUT2D eigenvalue weighted by Crippen LogP contribution is 1.99. The topological polar surface area (TPSA) is 46.6 Å². The third-order valence-electron chi connectivity index (χ3n) is 1.84. The molecule has 0 fully saturated rings. The summed E-state index contributed by atoms with van der Waals surface area (Å²) in [5.41, 5.74) is 0.926. The lowest BCUT2D eigenvalue weighted by atomic mass is 10.3. The van der Waals surface area contributed by atoms with E-state index in [0.29, 0.717) is 13.2 Å². The molecule has 0 saturated heterocycles. The first-order chi connectivity index (χ1) is 7.51. The van der Waals surface area contributed by atoms with Crippen LogP contribution in [0.4, 0.5) is 0 Å². The number of hydrogen-bond donors (Lipinski definition) is 0. The van der Waals surface area contributed by atoms with E-state index >= 15 is 0 Å². The first kappa shape index (κ1) is 14.7. The van der Waals surface area contributed by atoms with Crippen LogP contribution in [0.15, 0.2) is 11.6 Å². The summed E-state index contributed by atoms with van der Waals surface area (Å²) < 4.78 is 4.82. The van der Waals surface area contributed by atoms with E-state index in [1.54, 1.807) is 6.92 Å². The monoisotopic (exact) mass is 227 g/mol. The van der Waals surface area contributed by atoms with E-state index in [1.807, 2.05) is 20.8 Å². The van der Waals surface area contributed by atoms with Gasteiger partial charge in [-0.3, -0.25) is 9.59 Å². The predicted molar refractivity (Wildman–Crippen MR) is 62.9 cm³/mol. The van der Waals surface area contributed by atoms with Crippen molar-refractivity contribution in [3.8, 4) is 0 Å². The fraction of sp³-hybridized carbons (Fsp3) is 0.667. The molecule has 0 N–H and O–H groups in total. The van der Waals surface area contributed by atoms with Crippen LogP contribution >= 0.6 is 0 Å². The standard InChI is InChI=1S/C12H21NO3/c1-5-7-13(9-12(15)16-6-2)11(14)8-10(3)4/h8H,5-7,9H2,1-4H3. The lowest BCUT2D eigenvalue weighted by molar-refractivity contribution is -0.147. The average Bonchev–Trinajstić information content (AvgIpc) is 2.16. The van der Waals surface area contributed by atoms with Gasteiger partial charge in [-0.25, -0.2) is 0 Å². The average molecular weight is 227 g/mol. The Morgan fingerprint density at radius 3 is 2.31 bits per heavy atom. The van der Waals surface area contributed by atoms with E-state index in [1.165, 1.54) is 11.0 Å². The van der Waals surface area contributed by atoms with E-state index < -0.39 is 0 Å². The van der Waals surface area contributed by atoms with Crippen LogP contribution in [-0.4, -0.2) is 36.5 Å². The third-order valence-corrected chi connectivity index (χ3v) is 1.84. The number of allylic oxidation sites excluding steroid dienone is 1. The van der Waals surface area contributed by atoms with Gasteiger partial charge in [0.1, 0.15) is 6.54 Å². The molecule has 0 heterocycles. The largest absolute Gasteiger partial charge is 0.465 e. The van der Waals surface area contributed by atoms with Crippen LogP contribution in [0.1, 0.15) is 34.1 Å². The Hall–Kier alpha value is -1.32. The summed E-state index contributed by atoms with van der Waals surface area (Å²) in [7, 11) is 0. The maximum Gasteiger partial charge on any atom is 0.325 e. The lowest BCUT2D eigenvalue weighted by Crippen LogP contribution is -2.36. The number of hydrogen-bond acceptors (Lipinski definition) is 3. The highest BCUT2D eigenvalue weighted by molar-refractivity contribution is 5.90. The number of amides is 1. The molecule has 0 aliphatic carbocycles. The molecule has 0 aromatic heterocycles. The molecular formula is C12H21NO3. The smallest absolute Gasteiger partial charge is 0.325 e. The minimum atomic E-state index is -0.355. The highest BCUT2D eigenvalue weighted by Gasteiger charge is 2.14. The molecule has 0 aliphatic heterocycles. The number of carbonyl (C=O) groups is 2. The Labute approximate surface area is 97.3 Å². The van der Waals surface area contributed by atoms with E-state index in [4.69, 9.17) is 4.74 Å². The van der Waals surface area contributed by atoms with Crippen LogP contribution in [0, 0.1) is 0 Å². The number of carbonyl (C=O) groups excluding carboxylic acids is 2. The van der Waals surface area contributed by atoms with E-state index in [2.05, 4.69) is 0 Å². The second-order valence-electron chi connectivity index (χ2n) is 3.79. The lowest BCUT2D eigenvalue weighted by Gasteiger charge is -2.19. The van der Waals surface area contributed by atoms with Crippen molar-refractivity contribution in [3.63, 3.8) is 0 Å². The fourth-order valence-electron chi connectivity index (χ4n) is 1.24. The second kappa shape index (κ2) is 7.91. The van der Waals surface area contributed by atoms with Gasteiger partial charge in [0.25, 0.3) is 0 Å². The molecule has 4 heteroatoms. The van der Waals surface area contributed by atoms with Gasteiger partial charge in [-0.05, 0) is 27.2 Å². The van der Waals surface area contributed by atoms with Crippen molar-refractivity contribution in [2.75, 3.05) is 19.7 Å². The maximum absolute atomic E-state index is 11.7. The molecule has 0 saturated carbocycles. The quantitative estimate of drug-likeness (QED) is 0.513. The van der Waals surface area contributed by atoms with Gasteiger partial charge in [0.2, 0.25) is 5.91 Å². The second-order valence-corrected chi connectivity index (χ2v) is 3.79. The normalized spacial score (nSPS) is 9.50. The predicted octanol–water partition coefficient (Wildman–Crippen LogP) is 1.75. The Bertz CT molecular complexity index is 267. The Balaban J connectivity index is 4.42. The van der Waals surface area contributed by atoms with E-state index in [-0.39, 0.29) is 18.4 Å². The summed E-state index contributed by atoms with van der Waals surface area (Å²) in [4.78, 5) is 24.5. The van der Waals surface area contributed by atoms with Crippen molar-refractivity contribution in [3.05, 3.63) is 11.6 Å². The van der Waals surface area contributed by atoms with Crippen molar-refractivity contribution in [1.82, 2.24) is 4.90 Å². The molecule has 0 radical (unpaired) electrons. The Morgan fingerprint density at radius 2 is 1.88 bits per heavy atom. The summed E-state index contributed by atoms with van der Waals surface area (Å²) in [6.07, 6.45) is 2.36. The van der Waals surface area contributed by atoms with Gasteiger partial charge in [-0.15, -0.1) is 0 Å². The van der Waals surface area contributed by atoms with Gasteiger partial charge < -0.3 is 9.64 Å². The summed E-state index contributed by atoms with van der Waals surface area (Å²) in [5.74, 6) is -0.485. The van der Waals surface area contributed by atoms with Crippen LogP contribution < -0.4 is 0 Å². The molecule has 0 rings (SSSR count). The summed E-state index contributed by atoms with van der Waals surface area (Å²) >= 11 is 0. The number of rotatable bonds is 6. The van der Waals surface area contributed by atoms with Crippen molar-refractivity contribution in [1.29, 1.82) is 0 Å². The molecule has 0 bridgehead atoms. The third kappa shape index (κ3) is 6.22. The summed E-state index contributed by atoms with van der Waals surface area (Å²) in [5, 5.41) is 0. The van der Waals surface area contributed by atoms with Crippen LogP contribution in [0.5, 0.6) is 0 Å². The van der Waals surface area contributed by atoms with Crippen molar-refractivity contribution < 1.29 is 14.3 Å². The molecule has 4 nitrogen and oxygen atoms in total. The Morgan fingerprint density at radius 1 is 1.25 bits per heavy atom. The SMILES string of the molecule is CCCN(CC(=O)OCC)C(=O)C=C(C)C.